The van der Waals surface area contributed by atoms with E-state index in [0.29, 0.717) is 0 Å². The van der Waals surface area contributed by atoms with E-state index < -0.39 is 23.7 Å². The van der Waals surface area contributed by atoms with E-state index >= 15 is 0 Å². The fourth-order valence-corrected chi connectivity index (χ4v) is 1.67. The van der Waals surface area contributed by atoms with Gasteiger partial charge >= 0.3 is 12.1 Å². The molecule has 0 aromatic heterocycles. The number of rotatable bonds is 5. The van der Waals surface area contributed by atoms with Crippen molar-refractivity contribution in [1.82, 2.24) is 0 Å². The molecule has 0 saturated carbocycles. The molecule has 1 atom stereocenters. The molecule has 1 rings (SSSR count). The quantitative estimate of drug-likeness (QED) is 0.827. The van der Waals surface area contributed by atoms with Crippen LogP contribution in [0.4, 0.5) is 22.0 Å². The van der Waals surface area contributed by atoms with E-state index in [4.69, 9.17) is 19.9 Å². The number of methoxy groups -OCH3 is 3. The van der Waals surface area contributed by atoms with Crippen molar-refractivity contribution in [2.24, 2.45) is 5.73 Å². The molecule has 1 aromatic carbocycles. The summed E-state index contributed by atoms with van der Waals surface area (Å²) in [6.45, 7) is 0. The van der Waals surface area contributed by atoms with Crippen molar-refractivity contribution < 1.29 is 36.2 Å². The van der Waals surface area contributed by atoms with Crippen LogP contribution in [0.25, 0.3) is 0 Å². The predicted molar refractivity (Wildman–Crippen MR) is 71.3 cm³/mol. The summed E-state index contributed by atoms with van der Waals surface area (Å²) in [7, 11) is 3.60. The molecule has 0 amide bonds. The number of halogens is 6. The third kappa shape index (κ3) is 3.64. The van der Waals surface area contributed by atoms with Gasteiger partial charge in [0.05, 0.1) is 21.3 Å². The first kappa shape index (κ1) is 20.5. The van der Waals surface area contributed by atoms with Gasteiger partial charge in [-0.3, -0.25) is 0 Å². The molecule has 0 aliphatic carbocycles. The Hall–Kier alpha value is -1.48. The molecule has 10 heteroatoms. The van der Waals surface area contributed by atoms with Gasteiger partial charge in [-0.15, -0.1) is 12.4 Å². The molecular weight excluding hydrogens is 337 g/mol. The van der Waals surface area contributed by atoms with Crippen LogP contribution in [0.1, 0.15) is 11.6 Å². The van der Waals surface area contributed by atoms with Crippen molar-refractivity contribution in [2.75, 3.05) is 21.3 Å². The highest BCUT2D eigenvalue weighted by molar-refractivity contribution is 5.85. The molecule has 0 aliphatic rings. The Kier molecular flexibility index (Phi) is 6.70. The molecule has 1 aromatic rings. The van der Waals surface area contributed by atoms with E-state index in [9.17, 15) is 22.0 Å². The first-order valence-electron chi connectivity index (χ1n) is 5.60. The molecule has 0 heterocycles. The molecule has 0 aliphatic heterocycles. The zero-order valence-electron chi connectivity index (χ0n) is 11.8. The van der Waals surface area contributed by atoms with Crippen LogP contribution < -0.4 is 19.9 Å². The molecule has 2 N–H and O–H groups in total. The highest BCUT2D eigenvalue weighted by Gasteiger charge is 2.62. The van der Waals surface area contributed by atoms with E-state index in [0.717, 1.165) is 19.2 Å². The van der Waals surface area contributed by atoms with Gasteiger partial charge in [-0.2, -0.15) is 22.0 Å². The Labute approximate surface area is 129 Å². The lowest BCUT2D eigenvalue weighted by atomic mass is 9.99. The molecule has 4 nitrogen and oxygen atoms in total. The van der Waals surface area contributed by atoms with Gasteiger partial charge in [0.15, 0.2) is 11.5 Å². The molecule has 0 saturated heterocycles. The summed E-state index contributed by atoms with van der Waals surface area (Å²) < 4.78 is 78.5. The van der Waals surface area contributed by atoms with Gasteiger partial charge in [-0.25, -0.2) is 0 Å². The van der Waals surface area contributed by atoms with Crippen LogP contribution in [-0.4, -0.2) is 33.4 Å². The number of nitrogens with two attached hydrogens (primary N) is 1. The van der Waals surface area contributed by atoms with Crippen LogP contribution in [0, 0.1) is 0 Å². The van der Waals surface area contributed by atoms with E-state index in [1.807, 2.05) is 0 Å². The van der Waals surface area contributed by atoms with Crippen LogP contribution in [0.2, 0.25) is 0 Å². The first-order valence-corrected chi connectivity index (χ1v) is 5.60. The molecular formula is C12H15ClF5NO3. The van der Waals surface area contributed by atoms with Gasteiger partial charge < -0.3 is 19.9 Å². The molecule has 0 spiro atoms. The summed E-state index contributed by atoms with van der Waals surface area (Å²) >= 11 is 0. The maximum absolute atomic E-state index is 13.4. The second kappa shape index (κ2) is 7.19. The zero-order valence-corrected chi connectivity index (χ0v) is 12.6. The summed E-state index contributed by atoms with van der Waals surface area (Å²) in [5, 5.41) is 0. The lowest BCUT2D eigenvalue weighted by Crippen LogP contribution is -2.46. The van der Waals surface area contributed by atoms with Crippen molar-refractivity contribution in [3.63, 3.8) is 0 Å². The van der Waals surface area contributed by atoms with Crippen molar-refractivity contribution in [3.05, 3.63) is 17.7 Å². The Bertz CT molecular complexity index is 510. The van der Waals surface area contributed by atoms with Crippen LogP contribution in [0.5, 0.6) is 17.2 Å². The normalized spacial score (nSPS) is 13.1. The summed E-state index contributed by atoms with van der Waals surface area (Å²) in [6.07, 6.45) is -5.79. The Balaban J connectivity index is 0.00000441. The molecule has 0 bridgehead atoms. The summed E-state index contributed by atoms with van der Waals surface area (Å²) in [5.74, 6) is -5.31. The summed E-state index contributed by atoms with van der Waals surface area (Å²) in [4.78, 5) is 0. The van der Waals surface area contributed by atoms with Gasteiger partial charge in [-0.1, -0.05) is 0 Å². The van der Waals surface area contributed by atoms with Gasteiger partial charge in [-0.05, 0) is 6.07 Å². The van der Waals surface area contributed by atoms with Gasteiger partial charge in [0, 0.05) is 11.6 Å². The van der Waals surface area contributed by atoms with E-state index in [1.54, 1.807) is 0 Å². The summed E-state index contributed by atoms with van der Waals surface area (Å²) in [5.41, 5.74) is 4.56. The third-order valence-electron chi connectivity index (χ3n) is 2.84. The monoisotopic (exact) mass is 351 g/mol. The molecule has 128 valence electrons. The minimum atomic E-state index is -5.79. The van der Waals surface area contributed by atoms with E-state index in [1.165, 1.54) is 14.2 Å². The average molecular weight is 352 g/mol. The highest BCUT2D eigenvalue weighted by atomic mass is 35.5. The molecule has 0 fully saturated rings. The molecule has 0 unspecified atom stereocenters. The second-order valence-electron chi connectivity index (χ2n) is 4.05. The van der Waals surface area contributed by atoms with Crippen molar-refractivity contribution in [3.8, 4) is 17.2 Å². The second-order valence-corrected chi connectivity index (χ2v) is 4.05. The van der Waals surface area contributed by atoms with Crippen molar-refractivity contribution >= 4 is 12.4 Å². The zero-order chi connectivity index (χ0) is 16.4. The Morgan fingerprint density at radius 1 is 0.864 bits per heavy atom. The number of benzene rings is 1. The lowest BCUT2D eigenvalue weighted by Gasteiger charge is -2.27. The molecule has 22 heavy (non-hydrogen) atoms. The Morgan fingerprint density at radius 3 is 1.64 bits per heavy atom. The third-order valence-corrected chi connectivity index (χ3v) is 2.84. The van der Waals surface area contributed by atoms with Crippen LogP contribution >= 0.6 is 12.4 Å². The standard InChI is InChI=1S/C12H14F5NO3.ClH/c1-19-7-5-9(21-3)8(20-2)4-6(7)10(18)11(13,14)12(15,16)17;/h4-5,10H,18H2,1-3H3;1H/t10-;/m1./s1. The number of hydrogen-bond donors (Lipinski definition) is 1. The summed E-state index contributed by atoms with van der Waals surface area (Å²) in [6, 6.07) is -0.588. The van der Waals surface area contributed by atoms with Crippen LogP contribution in [0.15, 0.2) is 12.1 Å². The number of ether oxygens (including phenoxy) is 3. The highest BCUT2D eigenvalue weighted by Crippen LogP contribution is 2.47. The minimum absolute atomic E-state index is 0. The largest absolute Gasteiger partial charge is 0.496 e. The van der Waals surface area contributed by atoms with E-state index in [2.05, 4.69) is 0 Å². The first-order chi connectivity index (χ1) is 9.60. The van der Waals surface area contributed by atoms with Crippen LogP contribution in [0.3, 0.4) is 0 Å². The Morgan fingerprint density at radius 2 is 1.27 bits per heavy atom. The van der Waals surface area contributed by atoms with Gasteiger partial charge in [0.25, 0.3) is 0 Å². The maximum atomic E-state index is 13.4. The van der Waals surface area contributed by atoms with Crippen molar-refractivity contribution in [2.45, 2.75) is 18.1 Å². The minimum Gasteiger partial charge on any atom is -0.496 e. The topological polar surface area (TPSA) is 53.7 Å². The predicted octanol–water partition coefficient (Wildman–Crippen LogP) is 3.33. The molecule has 0 radical (unpaired) electrons. The van der Waals surface area contributed by atoms with Gasteiger partial charge in [0.2, 0.25) is 0 Å². The maximum Gasteiger partial charge on any atom is 0.455 e. The van der Waals surface area contributed by atoms with Crippen molar-refractivity contribution in [1.29, 1.82) is 0 Å². The SMILES string of the molecule is COc1cc(OC)c([C@@H](N)C(F)(F)C(F)(F)F)cc1OC.Cl. The van der Waals surface area contributed by atoms with Crippen LogP contribution in [-0.2, 0) is 0 Å². The van der Waals surface area contributed by atoms with E-state index in [-0.39, 0.29) is 29.7 Å². The number of alkyl halides is 5. The smallest absolute Gasteiger partial charge is 0.455 e. The fourth-order valence-electron chi connectivity index (χ4n) is 1.67. The fraction of sp³-hybridized carbons (Fsp3) is 0.500. The number of hydrogen-bond acceptors (Lipinski definition) is 4. The lowest BCUT2D eigenvalue weighted by molar-refractivity contribution is -0.291. The average Bonchev–Trinajstić information content (AvgIpc) is 2.43. The van der Waals surface area contributed by atoms with Gasteiger partial charge in [0.1, 0.15) is 11.8 Å².